The zero-order chi connectivity index (χ0) is 20.9. The van der Waals surface area contributed by atoms with Crippen LogP contribution in [0.2, 0.25) is 0 Å². The predicted octanol–water partition coefficient (Wildman–Crippen LogP) is 3.78. The first-order valence-electron chi connectivity index (χ1n) is 10.8. The Morgan fingerprint density at radius 2 is 1.77 bits per heavy atom. The number of piperidine rings is 1. The Kier molecular flexibility index (Phi) is 4.47. The van der Waals surface area contributed by atoms with Gasteiger partial charge in [-0.25, -0.2) is 0 Å². The number of ether oxygens (including phenoxy) is 1. The summed E-state index contributed by atoms with van der Waals surface area (Å²) < 4.78 is 5.52. The van der Waals surface area contributed by atoms with Crippen LogP contribution in [-0.2, 0) is 5.41 Å². The number of benzene rings is 2. The number of rotatable bonds is 3. The molecule has 0 radical (unpaired) electrons. The molecule has 30 heavy (non-hydrogen) atoms. The van der Waals surface area contributed by atoms with Gasteiger partial charge < -0.3 is 10.1 Å². The minimum atomic E-state index is -0.140. The quantitative estimate of drug-likeness (QED) is 0.791. The van der Waals surface area contributed by atoms with Crippen molar-refractivity contribution in [2.75, 3.05) is 20.2 Å². The van der Waals surface area contributed by atoms with Crippen LogP contribution in [0.15, 0.2) is 48.5 Å². The lowest BCUT2D eigenvalue weighted by molar-refractivity contribution is -0.00129. The highest BCUT2D eigenvalue weighted by molar-refractivity contribution is 6.21. The summed E-state index contributed by atoms with van der Waals surface area (Å²) in [6.45, 7) is 4.23. The molecule has 2 aromatic rings. The van der Waals surface area contributed by atoms with Crippen LogP contribution in [-0.4, -0.2) is 43.0 Å². The summed E-state index contributed by atoms with van der Waals surface area (Å²) in [5, 5.41) is 3.58. The van der Waals surface area contributed by atoms with Crippen molar-refractivity contribution in [2.45, 2.75) is 44.1 Å². The molecule has 0 aromatic heterocycles. The van der Waals surface area contributed by atoms with Crippen molar-refractivity contribution >= 4 is 11.8 Å². The van der Waals surface area contributed by atoms with Gasteiger partial charge in [0.25, 0.3) is 11.8 Å². The largest absolute Gasteiger partial charge is 0.497 e. The first-order chi connectivity index (χ1) is 14.5. The Morgan fingerprint density at radius 3 is 2.47 bits per heavy atom. The Labute approximate surface area is 177 Å². The molecule has 0 spiro atoms. The van der Waals surface area contributed by atoms with E-state index in [0.717, 1.165) is 44.5 Å². The molecule has 0 bridgehead atoms. The highest BCUT2D eigenvalue weighted by Gasteiger charge is 2.56. The molecule has 5 rings (SSSR count). The minimum Gasteiger partial charge on any atom is -0.497 e. The number of nitrogens with one attached hydrogen (secondary N) is 1. The van der Waals surface area contributed by atoms with Crippen LogP contribution in [0, 0.1) is 5.41 Å². The molecule has 2 aromatic carbocycles. The van der Waals surface area contributed by atoms with Gasteiger partial charge in [0.05, 0.1) is 18.2 Å². The van der Waals surface area contributed by atoms with E-state index in [-0.39, 0.29) is 28.7 Å². The molecule has 5 heteroatoms. The fourth-order valence-electron chi connectivity index (χ4n) is 6.09. The molecule has 2 amide bonds. The summed E-state index contributed by atoms with van der Waals surface area (Å²) in [6.07, 6.45) is 3.59. The van der Waals surface area contributed by atoms with Gasteiger partial charge in [-0.2, -0.15) is 0 Å². The molecule has 1 aliphatic carbocycles. The van der Waals surface area contributed by atoms with Crippen molar-refractivity contribution < 1.29 is 14.3 Å². The van der Waals surface area contributed by atoms with Crippen LogP contribution < -0.4 is 10.1 Å². The molecule has 1 N–H and O–H groups in total. The molecule has 5 nitrogen and oxygen atoms in total. The molecule has 2 aliphatic heterocycles. The Hall–Kier alpha value is -2.66. The van der Waals surface area contributed by atoms with Gasteiger partial charge in [-0.3, -0.25) is 14.5 Å². The molecular formula is C25H28N2O3. The van der Waals surface area contributed by atoms with Crippen molar-refractivity contribution in [2.24, 2.45) is 5.41 Å². The molecule has 1 saturated carbocycles. The monoisotopic (exact) mass is 404 g/mol. The number of hydrogen-bond donors (Lipinski definition) is 1. The van der Waals surface area contributed by atoms with Crippen LogP contribution in [0.4, 0.5) is 0 Å². The maximum atomic E-state index is 13.2. The number of amides is 2. The lowest BCUT2D eigenvalue weighted by Gasteiger charge is -2.58. The molecule has 3 atom stereocenters. The normalized spacial score (nSPS) is 30.7. The molecule has 2 fully saturated rings. The third kappa shape index (κ3) is 2.64. The van der Waals surface area contributed by atoms with Gasteiger partial charge in [-0.1, -0.05) is 31.2 Å². The minimum absolute atomic E-state index is 0.0623. The standard InChI is InChI=1S/C25H28N2O3/c1-24-11-10-18(27-22(28)20-8-3-4-9-21(20)23(27)29)15-25(24,12-13-26-16-24)17-6-5-7-19(14-17)30-2/h3-9,14,18,26H,10-13,15-16H2,1-2H3/t18?,24-,25-/m1/s1. The molecule has 1 unspecified atom stereocenters. The summed E-state index contributed by atoms with van der Waals surface area (Å²) >= 11 is 0. The number of imide groups is 1. The van der Waals surface area contributed by atoms with Crippen molar-refractivity contribution in [3.05, 3.63) is 65.2 Å². The number of carbonyl (C=O) groups is 2. The lowest BCUT2D eigenvalue weighted by atomic mass is 9.50. The first kappa shape index (κ1) is 19.3. The third-order valence-electron chi connectivity index (χ3n) is 7.83. The maximum Gasteiger partial charge on any atom is 0.261 e. The van der Waals surface area contributed by atoms with Crippen LogP contribution in [0.25, 0.3) is 0 Å². The summed E-state index contributed by atoms with van der Waals surface area (Å²) in [7, 11) is 1.70. The zero-order valence-electron chi connectivity index (χ0n) is 17.6. The second-order valence-electron chi connectivity index (χ2n) is 9.22. The predicted molar refractivity (Wildman–Crippen MR) is 115 cm³/mol. The van der Waals surface area contributed by atoms with Gasteiger partial charge in [0, 0.05) is 18.0 Å². The molecular weight excluding hydrogens is 376 g/mol. The average Bonchev–Trinajstić information content (AvgIpc) is 3.03. The van der Waals surface area contributed by atoms with Crippen molar-refractivity contribution in [3.63, 3.8) is 0 Å². The first-order valence-corrected chi connectivity index (χ1v) is 10.8. The number of hydrogen-bond acceptors (Lipinski definition) is 4. The van der Waals surface area contributed by atoms with Crippen molar-refractivity contribution in [1.29, 1.82) is 0 Å². The summed E-state index contributed by atoms with van der Waals surface area (Å²) in [5.74, 6) is 0.573. The van der Waals surface area contributed by atoms with Crippen molar-refractivity contribution in [3.8, 4) is 5.75 Å². The van der Waals surface area contributed by atoms with Crippen LogP contribution in [0.3, 0.4) is 0 Å². The second-order valence-corrected chi connectivity index (χ2v) is 9.22. The van der Waals surface area contributed by atoms with E-state index in [2.05, 4.69) is 30.4 Å². The van der Waals surface area contributed by atoms with E-state index in [9.17, 15) is 9.59 Å². The number of methoxy groups -OCH3 is 1. The Morgan fingerprint density at radius 1 is 1.03 bits per heavy atom. The van der Waals surface area contributed by atoms with E-state index in [0.29, 0.717) is 11.1 Å². The SMILES string of the molecule is COc1cccc([C@]23CCNC[C@@]2(C)CCC(N2C(=O)c4ccccc4C2=O)C3)c1. The Bertz CT molecular complexity index is 984. The number of fused-ring (bicyclic) bond motifs is 2. The molecule has 2 heterocycles. The molecule has 3 aliphatic rings. The van der Waals surface area contributed by atoms with Crippen LogP contribution in [0.5, 0.6) is 5.75 Å². The van der Waals surface area contributed by atoms with E-state index in [1.807, 2.05) is 18.2 Å². The molecule has 1 saturated heterocycles. The topological polar surface area (TPSA) is 58.6 Å². The fourth-order valence-corrected chi connectivity index (χ4v) is 6.09. The van der Waals surface area contributed by atoms with Gasteiger partial charge in [-0.05, 0) is 67.5 Å². The van der Waals surface area contributed by atoms with Crippen molar-refractivity contribution in [1.82, 2.24) is 10.2 Å². The van der Waals surface area contributed by atoms with Gasteiger partial charge >= 0.3 is 0 Å². The maximum absolute atomic E-state index is 13.2. The van der Waals surface area contributed by atoms with Crippen LogP contribution >= 0.6 is 0 Å². The number of nitrogens with zero attached hydrogens (tertiary/aromatic N) is 1. The summed E-state index contributed by atoms with van der Waals surface area (Å²) in [5.41, 5.74) is 2.29. The van der Waals surface area contributed by atoms with Gasteiger partial charge in [0.1, 0.15) is 5.75 Å². The molecule has 156 valence electrons. The highest BCUT2D eigenvalue weighted by atomic mass is 16.5. The van der Waals surface area contributed by atoms with Gasteiger partial charge in [0.2, 0.25) is 0 Å². The Balaban J connectivity index is 1.55. The van der Waals surface area contributed by atoms with Gasteiger partial charge in [-0.15, -0.1) is 0 Å². The third-order valence-corrected chi connectivity index (χ3v) is 7.83. The summed E-state index contributed by atoms with van der Waals surface area (Å²) in [4.78, 5) is 27.9. The number of carbonyl (C=O) groups excluding carboxylic acids is 2. The zero-order valence-corrected chi connectivity index (χ0v) is 17.6. The second kappa shape index (κ2) is 6.95. The highest BCUT2D eigenvalue weighted by Crippen LogP contribution is 2.56. The average molecular weight is 405 g/mol. The van der Waals surface area contributed by atoms with Gasteiger partial charge in [0.15, 0.2) is 0 Å². The van der Waals surface area contributed by atoms with E-state index >= 15 is 0 Å². The van der Waals surface area contributed by atoms with E-state index in [4.69, 9.17) is 4.74 Å². The smallest absolute Gasteiger partial charge is 0.261 e. The fraction of sp³-hybridized carbons (Fsp3) is 0.440. The summed E-state index contributed by atoms with van der Waals surface area (Å²) in [6, 6.07) is 15.5. The lowest BCUT2D eigenvalue weighted by Crippen LogP contribution is -2.61. The van der Waals surface area contributed by atoms with E-state index in [1.165, 1.54) is 5.56 Å². The van der Waals surface area contributed by atoms with E-state index < -0.39 is 0 Å². The van der Waals surface area contributed by atoms with Crippen LogP contribution in [0.1, 0.15) is 58.9 Å². The van der Waals surface area contributed by atoms with E-state index in [1.54, 1.807) is 24.1 Å².